The largest absolute Gasteiger partial charge is 0.316 e. The summed E-state index contributed by atoms with van der Waals surface area (Å²) in [6.45, 7) is 9.09. The molecule has 0 aromatic carbocycles. The Hall–Kier alpha value is -0.410. The first kappa shape index (κ1) is 15.0. The van der Waals surface area contributed by atoms with Crippen LogP contribution in [0, 0.1) is 11.8 Å². The fourth-order valence-electron chi connectivity index (χ4n) is 3.06. The van der Waals surface area contributed by atoms with Gasteiger partial charge in [-0.15, -0.1) is 11.3 Å². The first-order chi connectivity index (χ1) is 8.90. The quantitative estimate of drug-likeness (QED) is 0.901. The molecule has 1 saturated carbocycles. The van der Waals surface area contributed by atoms with Gasteiger partial charge < -0.3 is 5.32 Å². The second kappa shape index (κ2) is 5.92. The molecule has 3 unspecified atom stereocenters. The molecule has 3 atom stereocenters. The highest BCUT2D eigenvalue weighted by molar-refractivity contribution is 7.09. The summed E-state index contributed by atoms with van der Waals surface area (Å²) in [6.07, 6.45) is 5.25. The van der Waals surface area contributed by atoms with Gasteiger partial charge in [-0.1, -0.05) is 34.1 Å². The Bertz CT molecular complexity index is 405. The maximum atomic E-state index is 4.84. The van der Waals surface area contributed by atoms with E-state index >= 15 is 0 Å². The van der Waals surface area contributed by atoms with E-state index in [2.05, 4.69) is 45.4 Å². The monoisotopic (exact) mass is 280 g/mol. The van der Waals surface area contributed by atoms with Crippen molar-refractivity contribution in [3.8, 4) is 0 Å². The Morgan fingerprint density at radius 2 is 2.16 bits per heavy atom. The molecule has 108 valence electrons. The molecule has 1 aromatic heterocycles. The van der Waals surface area contributed by atoms with Crippen molar-refractivity contribution in [2.45, 2.75) is 64.8 Å². The molecule has 19 heavy (non-hydrogen) atoms. The number of hydrogen-bond acceptors (Lipinski definition) is 3. The highest BCUT2D eigenvalue weighted by Crippen LogP contribution is 2.34. The predicted octanol–water partition coefficient (Wildman–Crippen LogP) is 4.01. The van der Waals surface area contributed by atoms with Gasteiger partial charge in [-0.2, -0.15) is 0 Å². The smallest absolute Gasteiger partial charge is 0.0944 e. The number of hydrogen-bond donors (Lipinski definition) is 1. The summed E-state index contributed by atoms with van der Waals surface area (Å²) in [5, 5.41) is 7.06. The van der Waals surface area contributed by atoms with Gasteiger partial charge in [-0.05, 0) is 31.7 Å². The van der Waals surface area contributed by atoms with E-state index in [1.54, 1.807) is 0 Å². The van der Waals surface area contributed by atoms with Gasteiger partial charge in [0.1, 0.15) is 0 Å². The van der Waals surface area contributed by atoms with E-state index in [-0.39, 0.29) is 5.41 Å². The molecule has 0 aliphatic heterocycles. The van der Waals surface area contributed by atoms with Crippen molar-refractivity contribution in [3.05, 3.63) is 16.1 Å². The number of rotatable bonds is 4. The number of thiazole rings is 1. The number of nitrogens with zero attached hydrogens (tertiary/aromatic N) is 1. The molecule has 1 heterocycles. The van der Waals surface area contributed by atoms with E-state index in [0.717, 1.165) is 18.3 Å². The van der Waals surface area contributed by atoms with Crippen molar-refractivity contribution in [1.82, 2.24) is 10.3 Å². The minimum Gasteiger partial charge on any atom is -0.316 e. The van der Waals surface area contributed by atoms with Gasteiger partial charge in [0, 0.05) is 23.3 Å². The summed E-state index contributed by atoms with van der Waals surface area (Å²) in [5.74, 6) is 1.74. The summed E-state index contributed by atoms with van der Waals surface area (Å²) >= 11 is 1.83. The van der Waals surface area contributed by atoms with E-state index in [4.69, 9.17) is 4.98 Å². The maximum absolute atomic E-state index is 4.84. The maximum Gasteiger partial charge on any atom is 0.0944 e. The standard InChI is InChI=1S/C16H28N2S/c1-11-6-7-12(8-11)13(17-5)9-15-18-14(10-19-15)16(2,3)4/h10-13,17H,6-9H2,1-5H3. The number of nitrogens with one attached hydrogen (secondary N) is 1. The first-order valence-corrected chi connectivity index (χ1v) is 8.40. The molecule has 1 aromatic rings. The minimum absolute atomic E-state index is 0.172. The van der Waals surface area contributed by atoms with Crippen LogP contribution in [-0.2, 0) is 11.8 Å². The van der Waals surface area contributed by atoms with Gasteiger partial charge in [0.15, 0.2) is 0 Å². The molecule has 2 nitrogen and oxygen atoms in total. The van der Waals surface area contributed by atoms with Gasteiger partial charge in [-0.25, -0.2) is 4.98 Å². The van der Waals surface area contributed by atoms with Gasteiger partial charge in [0.2, 0.25) is 0 Å². The molecule has 1 N–H and O–H groups in total. The third-order valence-electron chi connectivity index (χ3n) is 4.39. The van der Waals surface area contributed by atoms with E-state index in [1.165, 1.54) is 30.0 Å². The van der Waals surface area contributed by atoms with E-state index in [0.29, 0.717) is 6.04 Å². The summed E-state index contributed by atoms with van der Waals surface area (Å²) in [7, 11) is 2.10. The van der Waals surface area contributed by atoms with Crippen LogP contribution in [-0.4, -0.2) is 18.1 Å². The van der Waals surface area contributed by atoms with Crippen molar-refractivity contribution < 1.29 is 0 Å². The average molecular weight is 280 g/mol. The third kappa shape index (κ3) is 3.79. The van der Waals surface area contributed by atoms with E-state index in [9.17, 15) is 0 Å². The van der Waals surface area contributed by atoms with Gasteiger partial charge >= 0.3 is 0 Å². The summed E-state index contributed by atoms with van der Waals surface area (Å²) in [5.41, 5.74) is 1.41. The second-order valence-electron chi connectivity index (χ2n) is 7.15. The Labute approximate surface area is 122 Å². The third-order valence-corrected chi connectivity index (χ3v) is 5.26. The zero-order valence-corrected chi connectivity index (χ0v) is 13.8. The topological polar surface area (TPSA) is 24.9 Å². The molecule has 0 spiro atoms. The fourth-order valence-corrected chi connectivity index (χ4v) is 4.14. The van der Waals surface area contributed by atoms with Crippen LogP contribution in [0.25, 0.3) is 0 Å². The molecule has 1 fully saturated rings. The molecule has 2 rings (SSSR count). The lowest BCUT2D eigenvalue weighted by Gasteiger charge is -2.22. The molecule has 0 bridgehead atoms. The van der Waals surface area contributed by atoms with Crippen molar-refractivity contribution in [2.24, 2.45) is 11.8 Å². The first-order valence-electron chi connectivity index (χ1n) is 7.52. The van der Waals surface area contributed by atoms with Gasteiger partial charge in [0.25, 0.3) is 0 Å². The number of likely N-dealkylation sites (N-methyl/N-ethyl adjacent to an activating group) is 1. The summed E-state index contributed by atoms with van der Waals surface area (Å²) in [4.78, 5) is 4.84. The van der Waals surface area contributed by atoms with Crippen molar-refractivity contribution in [2.75, 3.05) is 7.05 Å². The van der Waals surface area contributed by atoms with Crippen molar-refractivity contribution in [1.29, 1.82) is 0 Å². The second-order valence-corrected chi connectivity index (χ2v) is 8.10. The van der Waals surface area contributed by atoms with Crippen LogP contribution in [0.3, 0.4) is 0 Å². The van der Waals surface area contributed by atoms with Gasteiger partial charge in [-0.3, -0.25) is 0 Å². The molecule has 1 aliphatic carbocycles. The van der Waals surface area contributed by atoms with Gasteiger partial charge in [0.05, 0.1) is 10.7 Å². The van der Waals surface area contributed by atoms with Crippen LogP contribution in [0.15, 0.2) is 5.38 Å². The van der Waals surface area contributed by atoms with Crippen LogP contribution in [0.1, 0.15) is 57.7 Å². The molecule has 0 saturated heterocycles. The minimum atomic E-state index is 0.172. The molecule has 1 aliphatic rings. The van der Waals surface area contributed by atoms with E-state index in [1.807, 2.05) is 11.3 Å². The van der Waals surface area contributed by atoms with Crippen LogP contribution in [0.5, 0.6) is 0 Å². The highest BCUT2D eigenvalue weighted by Gasteiger charge is 2.29. The Morgan fingerprint density at radius 3 is 2.63 bits per heavy atom. The predicted molar refractivity (Wildman–Crippen MR) is 83.9 cm³/mol. The fraction of sp³-hybridized carbons (Fsp3) is 0.812. The zero-order valence-electron chi connectivity index (χ0n) is 13.0. The Kier molecular flexibility index (Phi) is 4.67. The lowest BCUT2D eigenvalue weighted by Crippen LogP contribution is -2.34. The molecular weight excluding hydrogens is 252 g/mol. The Morgan fingerprint density at radius 1 is 1.42 bits per heavy atom. The molecular formula is C16H28N2S. The van der Waals surface area contributed by atoms with Crippen LogP contribution >= 0.6 is 11.3 Å². The Balaban J connectivity index is 2.00. The average Bonchev–Trinajstić information content (AvgIpc) is 2.94. The molecule has 3 heteroatoms. The highest BCUT2D eigenvalue weighted by atomic mass is 32.1. The van der Waals surface area contributed by atoms with Crippen LogP contribution in [0.4, 0.5) is 0 Å². The number of aromatic nitrogens is 1. The summed E-state index contributed by atoms with van der Waals surface area (Å²) in [6, 6.07) is 0.601. The van der Waals surface area contributed by atoms with Crippen molar-refractivity contribution in [3.63, 3.8) is 0 Å². The lowest BCUT2D eigenvalue weighted by molar-refractivity contribution is 0.367. The summed E-state index contributed by atoms with van der Waals surface area (Å²) < 4.78 is 0. The van der Waals surface area contributed by atoms with Crippen LogP contribution < -0.4 is 5.32 Å². The molecule has 0 amide bonds. The van der Waals surface area contributed by atoms with E-state index < -0.39 is 0 Å². The van der Waals surface area contributed by atoms with Crippen LogP contribution in [0.2, 0.25) is 0 Å². The zero-order chi connectivity index (χ0) is 14.0. The normalized spacial score (nSPS) is 25.7. The SMILES string of the molecule is CNC(Cc1nc(C(C)(C)C)cs1)C1CCC(C)C1. The van der Waals surface area contributed by atoms with Crippen molar-refractivity contribution >= 4 is 11.3 Å². The molecule has 0 radical (unpaired) electrons. The lowest BCUT2D eigenvalue weighted by atomic mass is 9.93.